The van der Waals surface area contributed by atoms with Crippen molar-refractivity contribution in [1.29, 1.82) is 0 Å². The molecule has 0 saturated heterocycles. The van der Waals surface area contributed by atoms with Crippen LogP contribution in [0.4, 0.5) is 5.69 Å². The molecule has 0 bridgehead atoms. The zero-order valence-electron chi connectivity index (χ0n) is 16.4. The first-order valence-electron chi connectivity index (χ1n) is 9.21. The van der Waals surface area contributed by atoms with Gasteiger partial charge in [-0.25, -0.2) is 13.1 Å². The molecule has 30 heavy (non-hydrogen) atoms. The van der Waals surface area contributed by atoms with Gasteiger partial charge in [0.2, 0.25) is 10.0 Å². The molecule has 3 aromatic carbocycles. The van der Waals surface area contributed by atoms with Gasteiger partial charge in [0.05, 0.1) is 15.6 Å². The minimum atomic E-state index is -3.62. The van der Waals surface area contributed by atoms with Crippen molar-refractivity contribution in [2.45, 2.75) is 24.8 Å². The van der Waals surface area contributed by atoms with Gasteiger partial charge in [0.1, 0.15) is 5.75 Å². The highest BCUT2D eigenvalue weighted by Gasteiger charge is 2.17. The molecule has 0 atom stereocenters. The smallest absolute Gasteiger partial charge is 0.255 e. The number of ether oxygens (including phenoxy) is 1. The molecule has 6 nitrogen and oxygen atoms in total. The lowest BCUT2D eigenvalue weighted by molar-refractivity contribution is 0.102. The summed E-state index contributed by atoms with van der Waals surface area (Å²) in [6.45, 7) is 3.48. The Morgan fingerprint density at radius 2 is 1.50 bits per heavy atom. The number of hydrogen-bond donors (Lipinski definition) is 2. The Morgan fingerprint density at radius 3 is 2.13 bits per heavy atom. The number of rotatable bonds is 7. The van der Waals surface area contributed by atoms with Crippen molar-refractivity contribution < 1.29 is 17.9 Å². The fraction of sp³-hybridized carbons (Fsp3) is 0.136. The Balaban J connectivity index is 1.78. The number of amides is 1. The summed E-state index contributed by atoms with van der Waals surface area (Å²) < 4.78 is 32.8. The predicted octanol–water partition coefficient (Wildman–Crippen LogP) is 5.07. The summed E-state index contributed by atoms with van der Waals surface area (Å²) >= 11 is 6.14. The number of halogens is 1. The molecule has 0 radical (unpaired) electrons. The van der Waals surface area contributed by atoms with E-state index in [2.05, 4.69) is 10.0 Å². The largest absolute Gasteiger partial charge is 0.454 e. The molecule has 156 valence electrons. The van der Waals surface area contributed by atoms with Crippen LogP contribution in [0.25, 0.3) is 0 Å². The van der Waals surface area contributed by atoms with E-state index in [1.807, 2.05) is 0 Å². The zero-order chi connectivity index (χ0) is 21.7. The maximum absolute atomic E-state index is 12.7. The van der Waals surface area contributed by atoms with Gasteiger partial charge in [0.25, 0.3) is 5.91 Å². The van der Waals surface area contributed by atoms with Gasteiger partial charge in [0, 0.05) is 11.6 Å². The second kappa shape index (κ2) is 9.30. The Labute approximate surface area is 180 Å². The molecule has 0 unspecified atom stereocenters. The molecular formula is C22H21ClN2O4S. The number of benzene rings is 3. The van der Waals surface area contributed by atoms with E-state index < -0.39 is 15.9 Å². The number of carbonyl (C=O) groups excluding carboxylic acids is 1. The third kappa shape index (κ3) is 5.38. The van der Waals surface area contributed by atoms with Crippen LogP contribution in [-0.4, -0.2) is 20.4 Å². The molecule has 0 heterocycles. The fourth-order valence-corrected chi connectivity index (χ4v) is 4.09. The van der Waals surface area contributed by atoms with Gasteiger partial charge in [-0.15, -0.1) is 0 Å². The molecule has 2 N–H and O–H groups in total. The standard InChI is InChI=1S/C22H21ClN2O4S/c1-15(2)25-30(27,28)17-13-11-16(12-14-17)22(26)24-19-8-4-6-10-21(19)29-20-9-5-3-7-18(20)23/h3-15,25H,1-2H3,(H,24,26). The Bertz CT molecular complexity index is 1150. The highest BCUT2D eigenvalue weighted by molar-refractivity contribution is 7.89. The molecule has 0 aliphatic carbocycles. The van der Waals surface area contributed by atoms with Crippen molar-refractivity contribution in [2.24, 2.45) is 0 Å². The van der Waals surface area contributed by atoms with E-state index in [1.165, 1.54) is 24.3 Å². The summed E-state index contributed by atoms with van der Waals surface area (Å²) in [6.07, 6.45) is 0. The van der Waals surface area contributed by atoms with Gasteiger partial charge in [-0.05, 0) is 62.4 Å². The van der Waals surface area contributed by atoms with E-state index in [-0.39, 0.29) is 10.9 Å². The molecular weight excluding hydrogens is 424 g/mol. The third-order valence-corrected chi connectivity index (χ3v) is 6.00. The average Bonchev–Trinajstić information content (AvgIpc) is 2.70. The van der Waals surface area contributed by atoms with Crippen LogP contribution in [0, 0.1) is 0 Å². The first-order chi connectivity index (χ1) is 14.3. The molecule has 0 aliphatic heterocycles. The monoisotopic (exact) mass is 444 g/mol. The van der Waals surface area contributed by atoms with Crippen LogP contribution in [0.2, 0.25) is 5.02 Å². The maximum Gasteiger partial charge on any atom is 0.255 e. The lowest BCUT2D eigenvalue weighted by Crippen LogP contribution is -2.30. The van der Waals surface area contributed by atoms with Crippen LogP contribution < -0.4 is 14.8 Å². The van der Waals surface area contributed by atoms with Crippen molar-refractivity contribution in [2.75, 3.05) is 5.32 Å². The molecule has 8 heteroatoms. The zero-order valence-corrected chi connectivity index (χ0v) is 18.0. The minimum absolute atomic E-state index is 0.0928. The van der Waals surface area contributed by atoms with E-state index in [4.69, 9.17) is 16.3 Å². The van der Waals surface area contributed by atoms with Gasteiger partial charge in [-0.1, -0.05) is 35.9 Å². The number of hydrogen-bond acceptors (Lipinski definition) is 4. The van der Waals surface area contributed by atoms with Crippen LogP contribution in [0.5, 0.6) is 11.5 Å². The van der Waals surface area contributed by atoms with Crippen LogP contribution in [0.3, 0.4) is 0 Å². The Hall–Kier alpha value is -2.87. The average molecular weight is 445 g/mol. The molecule has 3 aromatic rings. The summed E-state index contributed by atoms with van der Waals surface area (Å²) in [7, 11) is -3.62. The van der Waals surface area contributed by atoms with E-state index in [0.29, 0.717) is 27.8 Å². The van der Waals surface area contributed by atoms with Crippen LogP contribution in [0.1, 0.15) is 24.2 Å². The molecule has 0 spiro atoms. The van der Waals surface area contributed by atoms with Gasteiger partial charge < -0.3 is 10.1 Å². The summed E-state index contributed by atoms with van der Waals surface area (Å²) in [5, 5.41) is 3.23. The number of sulfonamides is 1. The Morgan fingerprint density at radius 1 is 0.900 bits per heavy atom. The van der Waals surface area contributed by atoms with Crippen molar-refractivity contribution in [1.82, 2.24) is 4.72 Å². The van der Waals surface area contributed by atoms with Crippen molar-refractivity contribution >= 4 is 33.2 Å². The SMILES string of the molecule is CC(C)NS(=O)(=O)c1ccc(C(=O)Nc2ccccc2Oc2ccccc2Cl)cc1. The second-order valence-corrected chi connectivity index (χ2v) is 8.90. The van der Waals surface area contributed by atoms with Crippen LogP contribution in [0.15, 0.2) is 77.7 Å². The molecule has 0 aromatic heterocycles. The normalized spacial score (nSPS) is 11.3. The maximum atomic E-state index is 12.7. The van der Waals surface area contributed by atoms with Crippen molar-refractivity contribution in [3.05, 3.63) is 83.4 Å². The third-order valence-electron chi connectivity index (χ3n) is 4.01. The molecule has 3 rings (SSSR count). The summed E-state index contributed by atoms with van der Waals surface area (Å²) in [6, 6.07) is 19.5. The van der Waals surface area contributed by atoms with E-state index in [1.54, 1.807) is 62.4 Å². The van der Waals surface area contributed by atoms with Crippen molar-refractivity contribution in [3.63, 3.8) is 0 Å². The fourth-order valence-electron chi connectivity index (χ4n) is 2.66. The topological polar surface area (TPSA) is 84.5 Å². The first-order valence-corrected chi connectivity index (χ1v) is 11.1. The molecule has 1 amide bonds. The number of carbonyl (C=O) groups is 1. The first kappa shape index (κ1) is 21.8. The van der Waals surface area contributed by atoms with Gasteiger partial charge >= 0.3 is 0 Å². The van der Waals surface area contributed by atoms with Crippen LogP contribution in [-0.2, 0) is 10.0 Å². The number of anilines is 1. The van der Waals surface area contributed by atoms with E-state index >= 15 is 0 Å². The second-order valence-electron chi connectivity index (χ2n) is 6.78. The summed E-state index contributed by atoms with van der Waals surface area (Å²) in [5.41, 5.74) is 0.770. The number of para-hydroxylation sites is 3. The van der Waals surface area contributed by atoms with Gasteiger partial charge in [-0.2, -0.15) is 0 Å². The number of nitrogens with one attached hydrogen (secondary N) is 2. The highest BCUT2D eigenvalue weighted by atomic mass is 35.5. The van der Waals surface area contributed by atoms with Crippen LogP contribution >= 0.6 is 11.6 Å². The summed E-state index contributed by atoms with van der Waals surface area (Å²) in [5.74, 6) is 0.498. The lowest BCUT2D eigenvalue weighted by Gasteiger charge is -2.13. The van der Waals surface area contributed by atoms with Gasteiger partial charge in [0.15, 0.2) is 5.75 Å². The molecule has 0 aliphatic rings. The molecule has 0 saturated carbocycles. The Kier molecular flexibility index (Phi) is 6.77. The highest BCUT2D eigenvalue weighted by Crippen LogP contribution is 2.33. The van der Waals surface area contributed by atoms with E-state index in [9.17, 15) is 13.2 Å². The van der Waals surface area contributed by atoms with E-state index in [0.717, 1.165) is 0 Å². The predicted molar refractivity (Wildman–Crippen MR) is 118 cm³/mol. The van der Waals surface area contributed by atoms with Gasteiger partial charge in [-0.3, -0.25) is 4.79 Å². The lowest BCUT2D eigenvalue weighted by atomic mass is 10.2. The summed E-state index contributed by atoms with van der Waals surface area (Å²) in [4.78, 5) is 12.8. The van der Waals surface area contributed by atoms with Crippen molar-refractivity contribution in [3.8, 4) is 11.5 Å². The molecule has 0 fully saturated rings. The minimum Gasteiger partial charge on any atom is -0.454 e. The quantitative estimate of drug-likeness (QED) is 0.532.